The number of nitrogens with zero attached hydrogens (tertiary/aromatic N) is 2. The number of aromatic nitrogens is 1. The molecule has 1 heterocycles. The largest absolute Gasteiger partial charge is 0.335 e. The van der Waals surface area contributed by atoms with Gasteiger partial charge in [-0.2, -0.15) is 0 Å². The topological polar surface area (TPSA) is 33.2 Å². The van der Waals surface area contributed by atoms with Gasteiger partial charge in [0.25, 0.3) is 5.91 Å². The molecular weight excluding hydrogens is 328 g/mol. The van der Waals surface area contributed by atoms with Crippen LogP contribution in [0.4, 0.5) is 0 Å². The van der Waals surface area contributed by atoms with Gasteiger partial charge in [0.05, 0.1) is 11.1 Å². The first-order valence-electron chi connectivity index (χ1n) is 7.52. The summed E-state index contributed by atoms with van der Waals surface area (Å²) in [5.74, 6) is 0.139. The van der Waals surface area contributed by atoms with Crippen LogP contribution in [0.1, 0.15) is 36.0 Å². The van der Waals surface area contributed by atoms with Crippen LogP contribution in [-0.2, 0) is 0 Å². The van der Waals surface area contributed by atoms with Crippen LogP contribution in [0.2, 0.25) is 0 Å². The number of halogens is 1. The maximum atomic E-state index is 13.0. The van der Waals surface area contributed by atoms with E-state index in [1.54, 1.807) is 6.20 Å². The predicted molar refractivity (Wildman–Crippen MR) is 88.8 cm³/mol. The number of rotatable bonds is 4. The molecule has 2 aromatic rings. The molecule has 4 heteroatoms. The van der Waals surface area contributed by atoms with Crippen molar-refractivity contribution in [3.8, 4) is 0 Å². The molecule has 0 spiro atoms. The third-order valence-corrected chi connectivity index (χ3v) is 4.59. The zero-order valence-electron chi connectivity index (χ0n) is 12.0. The summed E-state index contributed by atoms with van der Waals surface area (Å²) < 4.78 is 0. The Morgan fingerprint density at radius 3 is 2.76 bits per heavy atom. The van der Waals surface area contributed by atoms with Crippen molar-refractivity contribution in [2.75, 3.05) is 11.9 Å². The van der Waals surface area contributed by atoms with E-state index >= 15 is 0 Å². The second-order valence-corrected chi connectivity index (χ2v) is 6.29. The standard InChI is InChI=1S/C17H19BrN2O/c18-10-12-20(13-5-1-2-6-13)17(21)15-9-11-19-16-8-4-3-7-14(15)16/h3-4,7-9,11,13H,1-2,5-6,10,12H2. The summed E-state index contributed by atoms with van der Waals surface area (Å²) in [6.45, 7) is 0.764. The number of carbonyl (C=O) groups is 1. The molecule has 110 valence electrons. The molecule has 0 N–H and O–H groups in total. The molecule has 3 rings (SSSR count). The molecule has 1 amide bonds. The molecule has 0 aliphatic heterocycles. The van der Waals surface area contributed by atoms with Gasteiger partial charge in [-0.1, -0.05) is 47.0 Å². The molecule has 1 aromatic heterocycles. The number of hydrogen-bond acceptors (Lipinski definition) is 2. The summed E-state index contributed by atoms with van der Waals surface area (Å²) in [4.78, 5) is 19.4. The van der Waals surface area contributed by atoms with Crippen molar-refractivity contribution in [2.45, 2.75) is 31.7 Å². The van der Waals surface area contributed by atoms with Crippen LogP contribution >= 0.6 is 15.9 Å². The smallest absolute Gasteiger partial charge is 0.254 e. The summed E-state index contributed by atoms with van der Waals surface area (Å²) in [5.41, 5.74) is 1.65. The van der Waals surface area contributed by atoms with Gasteiger partial charge in [-0.25, -0.2) is 0 Å². The van der Waals surface area contributed by atoms with Crippen LogP contribution in [0.25, 0.3) is 10.9 Å². The summed E-state index contributed by atoms with van der Waals surface area (Å²) in [6, 6.07) is 10.1. The fourth-order valence-electron chi connectivity index (χ4n) is 3.19. The van der Waals surface area contributed by atoms with Crippen molar-refractivity contribution < 1.29 is 4.79 Å². The summed E-state index contributed by atoms with van der Waals surface area (Å²) in [6.07, 6.45) is 6.45. The Labute approximate surface area is 133 Å². The third-order valence-electron chi connectivity index (χ3n) is 4.23. The monoisotopic (exact) mass is 346 g/mol. The number of amides is 1. The number of alkyl halides is 1. The van der Waals surface area contributed by atoms with Gasteiger partial charge >= 0.3 is 0 Å². The fraction of sp³-hybridized carbons (Fsp3) is 0.412. The second kappa shape index (κ2) is 6.56. The van der Waals surface area contributed by atoms with Gasteiger partial charge in [0.1, 0.15) is 0 Å². The van der Waals surface area contributed by atoms with Crippen molar-refractivity contribution in [1.29, 1.82) is 0 Å². The van der Waals surface area contributed by atoms with Crippen molar-refractivity contribution >= 4 is 32.7 Å². The minimum atomic E-state index is 0.139. The number of fused-ring (bicyclic) bond motifs is 1. The first-order chi connectivity index (χ1) is 10.3. The van der Waals surface area contributed by atoms with Gasteiger partial charge in [0.15, 0.2) is 0 Å². The summed E-state index contributed by atoms with van der Waals surface area (Å²) in [7, 11) is 0. The zero-order chi connectivity index (χ0) is 14.7. The Morgan fingerprint density at radius 2 is 2.00 bits per heavy atom. The van der Waals surface area contributed by atoms with E-state index in [0.717, 1.165) is 41.2 Å². The lowest BCUT2D eigenvalue weighted by molar-refractivity contribution is 0.0698. The Morgan fingerprint density at radius 1 is 1.24 bits per heavy atom. The van der Waals surface area contributed by atoms with E-state index in [-0.39, 0.29) is 5.91 Å². The highest BCUT2D eigenvalue weighted by atomic mass is 79.9. The van der Waals surface area contributed by atoms with Gasteiger partial charge < -0.3 is 4.90 Å². The van der Waals surface area contributed by atoms with Crippen LogP contribution in [0.3, 0.4) is 0 Å². The Bertz CT molecular complexity index is 632. The molecule has 0 radical (unpaired) electrons. The number of hydrogen-bond donors (Lipinski definition) is 0. The van der Waals surface area contributed by atoms with Crippen LogP contribution in [0, 0.1) is 0 Å². The summed E-state index contributed by atoms with van der Waals surface area (Å²) >= 11 is 3.48. The van der Waals surface area contributed by atoms with Crippen LogP contribution in [0.15, 0.2) is 36.5 Å². The molecule has 3 nitrogen and oxygen atoms in total. The SMILES string of the molecule is O=C(c1ccnc2ccccc12)N(CCBr)C1CCCC1. The molecule has 1 saturated carbocycles. The average Bonchev–Trinajstić information content (AvgIpc) is 3.05. The number of carbonyl (C=O) groups excluding carboxylic acids is 1. The van der Waals surface area contributed by atoms with Gasteiger partial charge in [-0.05, 0) is 25.0 Å². The Kier molecular flexibility index (Phi) is 4.54. The summed E-state index contributed by atoms with van der Waals surface area (Å²) in [5, 5.41) is 1.76. The van der Waals surface area contributed by atoms with E-state index in [1.165, 1.54) is 12.8 Å². The number of pyridine rings is 1. The van der Waals surface area contributed by atoms with Crippen molar-refractivity contribution in [1.82, 2.24) is 9.88 Å². The van der Waals surface area contributed by atoms with Crippen LogP contribution in [0.5, 0.6) is 0 Å². The highest BCUT2D eigenvalue weighted by Crippen LogP contribution is 2.26. The van der Waals surface area contributed by atoms with E-state index in [9.17, 15) is 4.79 Å². The average molecular weight is 347 g/mol. The molecule has 0 unspecified atom stereocenters. The van der Waals surface area contributed by atoms with Crippen molar-refractivity contribution in [2.24, 2.45) is 0 Å². The maximum Gasteiger partial charge on any atom is 0.254 e. The normalized spacial score (nSPS) is 15.5. The van der Waals surface area contributed by atoms with E-state index in [1.807, 2.05) is 35.2 Å². The fourth-order valence-corrected chi connectivity index (χ4v) is 3.58. The van der Waals surface area contributed by atoms with E-state index in [4.69, 9.17) is 0 Å². The lowest BCUT2D eigenvalue weighted by Gasteiger charge is -2.28. The lowest BCUT2D eigenvalue weighted by Crippen LogP contribution is -2.40. The predicted octanol–water partition coefficient (Wildman–Crippen LogP) is 4.01. The molecule has 1 aliphatic rings. The van der Waals surface area contributed by atoms with Gasteiger partial charge in [-0.15, -0.1) is 0 Å². The molecular formula is C17H19BrN2O. The van der Waals surface area contributed by atoms with E-state index in [2.05, 4.69) is 20.9 Å². The number of benzene rings is 1. The minimum Gasteiger partial charge on any atom is -0.335 e. The van der Waals surface area contributed by atoms with Gasteiger partial charge in [-0.3, -0.25) is 9.78 Å². The van der Waals surface area contributed by atoms with Gasteiger partial charge in [0, 0.05) is 29.5 Å². The second-order valence-electron chi connectivity index (χ2n) is 5.50. The van der Waals surface area contributed by atoms with Crippen LogP contribution < -0.4 is 0 Å². The maximum absolute atomic E-state index is 13.0. The number of para-hydroxylation sites is 1. The first kappa shape index (κ1) is 14.5. The van der Waals surface area contributed by atoms with E-state index in [0.29, 0.717) is 6.04 Å². The molecule has 21 heavy (non-hydrogen) atoms. The molecule has 1 aromatic carbocycles. The lowest BCUT2D eigenvalue weighted by atomic mass is 10.1. The quantitative estimate of drug-likeness (QED) is 0.783. The Balaban J connectivity index is 1.97. The third kappa shape index (κ3) is 2.95. The van der Waals surface area contributed by atoms with Crippen LogP contribution in [-0.4, -0.2) is 33.7 Å². The minimum absolute atomic E-state index is 0.139. The Hall–Kier alpha value is -1.42. The zero-order valence-corrected chi connectivity index (χ0v) is 13.6. The molecule has 1 aliphatic carbocycles. The highest BCUT2D eigenvalue weighted by molar-refractivity contribution is 9.09. The molecule has 0 saturated heterocycles. The van der Waals surface area contributed by atoms with Crippen molar-refractivity contribution in [3.05, 3.63) is 42.1 Å². The molecule has 0 bridgehead atoms. The molecule has 0 atom stereocenters. The van der Waals surface area contributed by atoms with Gasteiger partial charge in [0.2, 0.25) is 0 Å². The highest BCUT2D eigenvalue weighted by Gasteiger charge is 2.27. The van der Waals surface area contributed by atoms with E-state index < -0.39 is 0 Å². The van der Waals surface area contributed by atoms with Crippen molar-refractivity contribution in [3.63, 3.8) is 0 Å². The first-order valence-corrected chi connectivity index (χ1v) is 8.64. The molecule has 1 fully saturated rings.